The summed E-state index contributed by atoms with van der Waals surface area (Å²) in [6.45, 7) is 1.65. The van der Waals surface area contributed by atoms with Crippen molar-refractivity contribution in [3.63, 3.8) is 0 Å². The average molecular weight is 358 g/mol. The summed E-state index contributed by atoms with van der Waals surface area (Å²) in [6, 6.07) is 14.0. The summed E-state index contributed by atoms with van der Waals surface area (Å²) >= 11 is 7.30. The third kappa shape index (κ3) is 3.65. The van der Waals surface area contributed by atoms with Crippen LogP contribution in [-0.2, 0) is 4.79 Å². The number of carbonyl (C=O) groups excluding carboxylic acids is 1. The Balaban J connectivity index is 1.67. The van der Waals surface area contributed by atoms with Crippen molar-refractivity contribution in [1.29, 1.82) is 5.26 Å². The van der Waals surface area contributed by atoms with Crippen LogP contribution in [0.1, 0.15) is 12.5 Å². The van der Waals surface area contributed by atoms with Gasteiger partial charge in [-0.2, -0.15) is 5.26 Å². The van der Waals surface area contributed by atoms with Crippen LogP contribution in [0, 0.1) is 11.3 Å². The summed E-state index contributed by atoms with van der Waals surface area (Å²) in [6.07, 6.45) is -0.700. The molecule has 0 spiro atoms. The van der Waals surface area contributed by atoms with Crippen LogP contribution in [0.4, 0.5) is 5.13 Å². The minimum Gasteiger partial charge on any atom is -0.481 e. The molecule has 0 aliphatic rings. The van der Waals surface area contributed by atoms with Gasteiger partial charge in [-0.05, 0) is 49.4 Å². The van der Waals surface area contributed by atoms with Crippen molar-refractivity contribution in [3.05, 3.63) is 53.1 Å². The number of carbonyl (C=O) groups is 1. The molecule has 1 amide bonds. The molecule has 0 aliphatic heterocycles. The molecule has 1 aromatic heterocycles. The van der Waals surface area contributed by atoms with Crippen molar-refractivity contribution in [3.8, 4) is 11.8 Å². The fourth-order valence-corrected chi connectivity index (χ4v) is 3.17. The van der Waals surface area contributed by atoms with Crippen LogP contribution in [-0.4, -0.2) is 17.0 Å². The van der Waals surface area contributed by atoms with Gasteiger partial charge in [-0.3, -0.25) is 10.1 Å². The van der Waals surface area contributed by atoms with E-state index in [-0.39, 0.29) is 5.91 Å². The number of nitrogens with zero attached hydrogens (tertiary/aromatic N) is 2. The topological polar surface area (TPSA) is 75.0 Å². The van der Waals surface area contributed by atoms with Crippen LogP contribution in [0.5, 0.6) is 5.75 Å². The Morgan fingerprint density at radius 2 is 2.08 bits per heavy atom. The Morgan fingerprint density at radius 3 is 2.79 bits per heavy atom. The van der Waals surface area contributed by atoms with Crippen molar-refractivity contribution in [2.75, 3.05) is 5.32 Å². The van der Waals surface area contributed by atoms with Crippen LogP contribution in [0.25, 0.3) is 10.2 Å². The summed E-state index contributed by atoms with van der Waals surface area (Å²) in [4.78, 5) is 16.6. The first-order chi connectivity index (χ1) is 11.5. The van der Waals surface area contributed by atoms with Gasteiger partial charge in [-0.1, -0.05) is 22.9 Å². The van der Waals surface area contributed by atoms with Crippen LogP contribution >= 0.6 is 22.9 Å². The first-order valence-electron chi connectivity index (χ1n) is 7.09. The lowest BCUT2D eigenvalue weighted by Gasteiger charge is -2.13. The normalized spacial score (nSPS) is 11.7. The zero-order valence-corrected chi connectivity index (χ0v) is 14.2. The molecule has 0 fully saturated rings. The third-order valence-corrected chi connectivity index (χ3v) is 4.41. The maximum absolute atomic E-state index is 12.2. The van der Waals surface area contributed by atoms with Gasteiger partial charge in [0.25, 0.3) is 5.91 Å². The number of amides is 1. The Bertz CT molecular complexity index is 931. The van der Waals surface area contributed by atoms with Gasteiger partial charge >= 0.3 is 0 Å². The lowest BCUT2D eigenvalue weighted by atomic mass is 10.2. The molecule has 5 nitrogen and oxygen atoms in total. The van der Waals surface area contributed by atoms with E-state index in [1.165, 1.54) is 11.3 Å². The standard InChI is InChI=1S/C17H12ClN3O2S/c1-10(23-13-5-2-11(9-19)3-6-13)16(22)21-17-20-14-7-4-12(18)8-15(14)24-17/h2-8,10H,1H3,(H,20,21,22). The van der Waals surface area contributed by atoms with E-state index < -0.39 is 6.10 Å². The lowest BCUT2D eigenvalue weighted by Crippen LogP contribution is -2.30. The number of anilines is 1. The van der Waals surface area contributed by atoms with Crippen molar-refractivity contribution < 1.29 is 9.53 Å². The number of rotatable bonds is 4. The van der Waals surface area contributed by atoms with Gasteiger partial charge in [-0.15, -0.1) is 0 Å². The van der Waals surface area contributed by atoms with E-state index in [1.54, 1.807) is 49.4 Å². The predicted octanol–water partition coefficient (Wildman–Crippen LogP) is 4.23. The maximum atomic E-state index is 12.2. The summed E-state index contributed by atoms with van der Waals surface area (Å²) in [5.74, 6) is 0.220. The summed E-state index contributed by atoms with van der Waals surface area (Å²) in [7, 11) is 0. The van der Waals surface area contributed by atoms with E-state index >= 15 is 0 Å². The molecule has 2 aromatic carbocycles. The second kappa shape index (κ2) is 6.87. The molecule has 0 saturated heterocycles. The van der Waals surface area contributed by atoms with Gasteiger partial charge in [0.2, 0.25) is 0 Å². The molecule has 0 aliphatic carbocycles. The number of thiazole rings is 1. The number of hydrogen-bond donors (Lipinski definition) is 1. The summed E-state index contributed by atoms with van der Waals surface area (Å²) in [5, 5.41) is 12.6. The molecular formula is C17H12ClN3O2S. The molecule has 1 unspecified atom stereocenters. The van der Waals surface area contributed by atoms with Crippen LogP contribution in [0.15, 0.2) is 42.5 Å². The minimum absolute atomic E-state index is 0.301. The number of nitrogens with one attached hydrogen (secondary N) is 1. The molecule has 0 saturated carbocycles. The van der Waals surface area contributed by atoms with Crippen LogP contribution < -0.4 is 10.1 Å². The highest BCUT2D eigenvalue weighted by molar-refractivity contribution is 7.22. The highest BCUT2D eigenvalue weighted by atomic mass is 35.5. The molecule has 0 radical (unpaired) electrons. The molecule has 1 atom stereocenters. The molecular weight excluding hydrogens is 346 g/mol. The summed E-state index contributed by atoms with van der Waals surface area (Å²) in [5.41, 5.74) is 1.31. The van der Waals surface area contributed by atoms with Gasteiger partial charge in [-0.25, -0.2) is 4.98 Å². The number of hydrogen-bond acceptors (Lipinski definition) is 5. The largest absolute Gasteiger partial charge is 0.481 e. The summed E-state index contributed by atoms with van der Waals surface area (Å²) < 4.78 is 6.48. The number of ether oxygens (including phenoxy) is 1. The van der Waals surface area contributed by atoms with Gasteiger partial charge in [0.05, 0.1) is 21.8 Å². The molecule has 7 heteroatoms. The fraction of sp³-hybridized carbons (Fsp3) is 0.118. The molecule has 1 heterocycles. The highest BCUT2D eigenvalue weighted by Crippen LogP contribution is 2.28. The van der Waals surface area contributed by atoms with E-state index in [0.29, 0.717) is 21.5 Å². The van der Waals surface area contributed by atoms with Crippen molar-refractivity contribution in [1.82, 2.24) is 4.98 Å². The highest BCUT2D eigenvalue weighted by Gasteiger charge is 2.17. The van der Waals surface area contributed by atoms with Gasteiger partial charge in [0.15, 0.2) is 11.2 Å². The number of aromatic nitrogens is 1. The minimum atomic E-state index is -0.700. The SMILES string of the molecule is CC(Oc1ccc(C#N)cc1)C(=O)Nc1nc2ccc(Cl)cc2s1. The monoisotopic (exact) mass is 357 g/mol. The number of fused-ring (bicyclic) bond motifs is 1. The van der Waals surface area contributed by atoms with Crippen molar-refractivity contribution in [2.45, 2.75) is 13.0 Å². The average Bonchev–Trinajstić information content (AvgIpc) is 2.96. The molecule has 1 N–H and O–H groups in total. The van der Waals surface area contributed by atoms with E-state index in [2.05, 4.69) is 10.3 Å². The Kier molecular flexibility index (Phi) is 4.65. The lowest BCUT2D eigenvalue weighted by molar-refractivity contribution is -0.122. The maximum Gasteiger partial charge on any atom is 0.266 e. The fourth-order valence-electron chi connectivity index (χ4n) is 2.02. The molecule has 120 valence electrons. The Labute approximate surface area is 147 Å². The van der Waals surface area contributed by atoms with E-state index in [0.717, 1.165) is 10.2 Å². The smallest absolute Gasteiger partial charge is 0.266 e. The number of nitriles is 1. The second-order valence-electron chi connectivity index (χ2n) is 5.02. The van der Waals surface area contributed by atoms with Crippen molar-refractivity contribution in [2.24, 2.45) is 0 Å². The Morgan fingerprint density at radius 1 is 1.33 bits per heavy atom. The molecule has 24 heavy (non-hydrogen) atoms. The van der Waals surface area contributed by atoms with Crippen molar-refractivity contribution >= 4 is 44.2 Å². The molecule has 3 aromatic rings. The molecule has 3 rings (SSSR count). The van der Waals surface area contributed by atoms with Gasteiger partial charge in [0.1, 0.15) is 5.75 Å². The first-order valence-corrected chi connectivity index (χ1v) is 8.28. The zero-order chi connectivity index (χ0) is 17.1. The van der Waals surface area contributed by atoms with Gasteiger partial charge < -0.3 is 4.74 Å². The van der Waals surface area contributed by atoms with Crippen LogP contribution in [0.2, 0.25) is 5.02 Å². The quantitative estimate of drug-likeness (QED) is 0.758. The number of halogens is 1. The van der Waals surface area contributed by atoms with E-state index in [1.807, 2.05) is 6.07 Å². The van der Waals surface area contributed by atoms with E-state index in [4.69, 9.17) is 21.6 Å². The zero-order valence-electron chi connectivity index (χ0n) is 12.6. The third-order valence-electron chi connectivity index (χ3n) is 3.25. The van der Waals surface area contributed by atoms with Crippen LogP contribution in [0.3, 0.4) is 0 Å². The number of benzene rings is 2. The first kappa shape index (κ1) is 16.2. The molecule has 0 bridgehead atoms. The predicted molar refractivity (Wildman–Crippen MR) is 94.5 cm³/mol. The van der Waals surface area contributed by atoms with E-state index in [9.17, 15) is 4.79 Å². The second-order valence-corrected chi connectivity index (χ2v) is 6.48. The van der Waals surface area contributed by atoms with Gasteiger partial charge in [0, 0.05) is 5.02 Å². The Hall–Kier alpha value is -2.62.